The molecule has 2 heterocycles. The van der Waals surface area contributed by atoms with Gasteiger partial charge < -0.3 is 10.1 Å². The summed E-state index contributed by atoms with van der Waals surface area (Å²) in [7, 11) is 1.73. The molecule has 0 saturated heterocycles. The van der Waals surface area contributed by atoms with E-state index in [9.17, 15) is 0 Å². The van der Waals surface area contributed by atoms with Crippen molar-refractivity contribution < 1.29 is 4.74 Å². The predicted molar refractivity (Wildman–Crippen MR) is 77.6 cm³/mol. The summed E-state index contributed by atoms with van der Waals surface area (Å²) in [4.78, 5) is 12.8. The Labute approximate surface area is 121 Å². The van der Waals surface area contributed by atoms with Gasteiger partial charge in [-0.15, -0.1) is 5.10 Å². The zero-order valence-electron chi connectivity index (χ0n) is 12.0. The van der Waals surface area contributed by atoms with Crippen LogP contribution >= 0.6 is 0 Å². The SMILES string of the molecule is CNc1nc(OC(C)C)nc(-n2nnc3ccccc32)n1. The number of hydrogen-bond donors (Lipinski definition) is 1. The fourth-order valence-electron chi connectivity index (χ4n) is 1.83. The van der Waals surface area contributed by atoms with E-state index in [1.165, 1.54) is 0 Å². The quantitative estimate of drug-likeness (QED) is 0.775. The van der Waals surface area contributed by atoms with E-state index >= 15 is 0 Å². The Morgan fingerprint density at radius 2 is 1.95 bits per heavy atom. The molecule has 0 radical (unpaired) electrons. The molecule has 1 aromatic carbocycles. The third-order valence-corrected chi connectivity index (χ3v) is 2.71. The minimum Gasteiger partial charge on any atom is -0.461 e. The molecule has 0 fully saturated rings. The summed E-state index contributed by atoms with van der Waals surface area (Å²) in [6.07, 6.45) is -0.0301. The topological polar surface area (TPSA) is 90.6 Å². The van der Waals surface area contributed by atoms with Crippen molar-refractivity contribution in [2.45, 2.75) is 20.0 Å². The number of anilines is 1. The van der Waals surface area contributed by atoms with Crippen LogP contribution in [0, 0.1) is 0 Å². The molecule has 3 aromatic rings. The van der Waals surface area contributed by atoms with E-state index < -0.39 is 0 Å². The van der Waals surface area contributed by atoms with Gasteiger partial charge in [0.05, 0.1) is 11.6 Å². The smallest absolute Gasteiger partial charge is 0.323 e. The third-order valence-electron chi connectivity index (χ3n) is 2.71. The number of para-hydroxylation sites is 1. The van der Waals surface area contributed by atoms with Gasteiger partial charge in [-0.05, 0) is 26.0 Å². The number of nitrogens with one attached hydrogen (secondary N) is 1. The number of nitrogens with zero attached hydrogens (tertiary/aromatic N) is 6. The van der Waals surface area contributed by atoms with Crippen LogP contribution in [0.2, 0.25) is 0 Å². The number of benzene rings is 1. The molecule has 3 rings (SSSR count). The minimum atomic E-state index is -0.0301. The van der Waals surface area contributed by atoms with Crippen LogP contribution in [0.25, 0.3) is 17.0 Å². The summed E-state index contributed by atoms with van der Waals surface area (Å²) >= 11 is 0. The Bertz CT molecular complexity index is 768. The molecule has 0 amide bonds. The van der Waals surface area contributed by atoms with Crippen molar-refractivity contribution in [2.24, 2.45) is 0 Å². The van der Waals surface area contributed by atoms with E-state index in [1.807, 2.05) is 38.1 Å². The number of aromatic nitrogens is 6. The Kier molecular flexibility index (Phi) is 3.35. The van der Waals surface area contributed by atoms with Crippen molar-refractivity contribution >= 4 is 17.0 Å². The monoisotopic (exact) mass is 285 g/mol. The van der Waals surface area contributed by atoms with Crippen LogP contribution < -0.4 is 10.1 Å². The summed E-state index contributed by atoms with van der Waals surface area (Å²) < 4.78 is 7.10. The van der Waals surface area contributed by atoms with Crippen LogP contribution in [0.3, 0.4) is 0 Å². The molecular weight excluding hydrogens is 270 g/mol. The molecule has 0 saturated carbocycles. The van der Waals surface area contributed by atoms with Gasteiger partial charge in [0.1, 0.15) is 5.52 Å². The highest BCUT2D eigenvalue weighted by Crippen LogP contribution is 2.16. The highest BCUT2D eigenvalue weighted by Gasteiger charge is 2.13. The highest BCUT2D eigenvalue weighted by molar-refractivity contribution is 5.75. The minimum absolute atomic E-state index is 0.0301. The molecule has 0 spiro atoms. The van der Waals surface area contributed by atoms with Gasteiger partial charge >= 0.3 is 6.01 Å². The Balaban J connectivity index is 2.12. The average Bonchev–Trinajstić information content (AvgIpc) is 2.90. The number of rotatable bonds is 4. The molecule has 1 N–H and O–H groups in total. The molecule has 0 aliphatic heterocycles. The summed E-state index contributed by atoms with van der Waals surface area (Å²) in [6.45, 7) is 3.82. The first-order valence-electron chi connectivity index (χ1n) is 6.58. The number of fused-ring (bicyclic) bond motifs is 1. The Morgan fingerprint density at radius 3 is 2.71 bits per heavy atom. The predicted octanol–water partition coefficient (Wildman–Crippen LogP) is 1.43. The first kappa shape index (κ1) is 13.2. The van der Waals surface area contributed by atoms with E-state index in [0.717, 1.165) is 11.0 Å². The normalized spacial score (nSPS) is 11.0. The molecule has 0 unspecified atom stereocenters. The van der Waals surface area contributed by atoms with Crippen molar-refractivity contribution in [3.05, 3.63) is 24.3 Å². The maximum Gasteiger partial charge on any atom is 0.323 e. The van der Waals surface area contributed by atoms with Gasteiger partial charge in [0.25, 0.3) is 5.95 Å². The van der Waals surface area contributed by atoms with Gasteiger partial charge in [-0.3, -0.25) is 0 Å². The molecule has 8 nitrogen and oxygen atoms in total. The fourth-order valence-corrected chi connectivity index (χ4v) is 1.83. The Morgan fingerprint density at radius 1 is 1.14 bits per heavy atom. The second-order valence-electron chi connectivity index (χ2n) is 4.65. The van der Waals surface area contributed by atoms with Crippen molar-refractivity contribution in [1.82, 2.24) is 29.9 Å². The first-order valence-corrected chi connectivity index (χ1v) is 6.58. The van der Waals surface area contributed by atoms with Gasteiger partial charge in [-0.1, -0.05) is 17.3 Å². The summed E-state index contributed by atoms with van der Waals surface area (Å²) in [5, 5.41) is 11.1. The Hall–Kier alpha value is -2.77. The van der Waals surface area contributed by atoms with Gasteiger partial charge in [0.2, 0.25) is 5.95 Å². The molecular formula is C13H15N7O. The zero-order valence-corrected chi connectivity index (χ0v) is 12.0. The average molecular weight is 285 g/mol. The lowest BCUT2D eigenvalue weighted by atomic mass is 10.3. The molecule has 108 valence electrons. The van der Waals surface area contributed by atoms with Gasteiger partial charge in [0.15, 0.2) is 0 Å². The zero-order chi connectivity index (χ0) is 14.8. The summed E-state index contributed by atoms with van der Waals surface area (Å²) in [6, 6.07) is 7.85. The van der Waals surface area contributed by atoms with Crippen molar-refractivity contribution in [3.8, 4) is 12.0 Å². The highest BCUT2D eigenvalue weighted by atomic mass is 16.5. The van der Waals surface area contributed by atoms with E-state index in [2.05, 4.69) is 30.6 Å². The maximum absolute atomic E-state index is 5.54. The van der Waals surface area contributed by atoms with Crippen LogP contribution in [0.15, 0.2) is 24.3 Å². The second kappa shape index (κ2) is 5.31. The largest absolute Gasteiger partial charge is 0.461 e. The van der Waals surface area contributed by atoms with Crippen LogP contribution in [0.1, 0.15) is 13.8 Å². The molecule has 2 aromatic heterocycles. The standard InChI is InChI=1S/C13H15N7O/c1-8(2)21-13-16-11(14-3)15-12(17-13)20-10-7-5-4-6-9(10)18-19-20/h4-8H,1-3H3,(H,14,15,16,17). The number of hydrogen-bond acceptors (Lipinski definition) is 7. The lowest BCUT2D eigenvalue weighted by Gasteiger charge is -2.10. The molecule has 0 aliphatic carbocycles. The third kappa shape index (κ3) is 2.60. The molecule has 0 aliphatic rings. The second-order valence-corrected chi connectivity index (χ2v) is 4.65. The molecule has 0 atom stereocenters. The van der Waals surface area contributed by atoms with Gasteiger partial charge in [-0.25, -0.2) is 0 Å². The van der Waals surface area contributed by atoms with E-state index in [-0.39, 0.29) is 12.1 Å². The van der Waals surface area contributed by atoms with Crippen LogP contribution in [-0.2, 0) is 0 Å². The molecule has 8 heteroatoms. The van der Waals surface area contributed by atoms with Crippen LogP contribution in [-0.4, -0.2) is 43.1 Å². The summed E-state index contributed by atoms with van der Waals surface area (Å²) in [5.41, 5.74) is 1.59. The van der Waals surface area contributed by atoms with Crippen LogP contribution in [0.4, 0.5) is 5.95 Å². The van der Waals surface area contributed by atoms with Crippen molar-refractivity contribution in [1.29, 1.82) is 0 Å². The summed E-state index contributed by atoms with van der Waals surface area (Å²) in [5.74, 6) is 0.772. The fraction of sp³-hybridized carbons (Fsp3) is 0.308. The maximum atomic E-state index is 5.54. The lowest BCUT2D eigenvalue weighted by Crippen LogP contribution is -2.13. The van der Waals surface area contributed by atoms with Gasteiger partial charge in [0, 0.05) is 7.05 Å². The van der Waals surface area contributed by atoms with Crippen molar-refractivity contribution in [3.63, 3.8) is 0 Å². The van der Waals surface area contributed by atoms with E-state index in [0.29, 0.717) is 11.9 Å². The van der Waals surface area contributed by atoms with E-state index in [1.54, 1.807) is 11.7 Å². The number of ether oxygens (including phenoxy) is 1. The molecule has 21 heavy (non-hydrogen) atoms. The lowest BCUT2D eigenvalue weighted by molar-refractivity contribution is 0.221. The molecule has 0 bridgehead atoms. The first-order chi connectivity index (χ1) is 10.2. The van der Waals surface area contributed by atoms with Crippen molar-refractivity contribution in [2.75, 3.05) is 12.4 Å². The van der Waals surface area contributed by atoms with Gasteiger partial charge in [-0.2, -0.15) is 19.6 Å². The van der Waals surface area contributed by atoms with E-state index in [4.69, 9.17) is 4.74 Å². The van der Waals surface area contributed by atoms with Crippen LogP contribution in [0.5, 0.6) is 6.01 Å².